The molecule has 1 rings (SSSR count). The van der Waals surface area contributed by atoms with Gasteiger partial charge in [-0.15, -0.1) is 0 Å². The van der Waals surface area contributed by atoms with E-state index in [-0.39, 0.29) is 11.9 Å². The van der Waals surface area contributed by atoms with Crippen molar-refractivity contribution in [1.29, 1.82) is 0 Å². The van der Waals surface area contributed by atoms with Gasteiger partial charge in [-0.05, 0) is 30.9 Å². The van der Waals surface area contributed by atoms with Gasteiger partial charge >= 0.3 is 0 Å². The SMILES string of the molecule is Cc1ccccc1C(=O)N(C)CCC(N)C(C)C. The van der Waals surface area contributed by atoms with Crippen LogP contribution in [0.25, 0.3) is 0 Å². The number of carbonyl (C=O) groups is 1. The summed E-state index contributed by atoms with van der Waals surface area (Å²) in [5.74, 6) is 0.524. The topological polar surface area (TPSA) is 46.3 Å². The second-order valence-corrected chi connectivity index (χ2v) is 5.24. The first-order chi connectivity index (χ1) is 8.43. The number of nitrogens with zero attached hydrogens (tertiary/aromatic N) is 1. The molecule has 2 N–H and O–H groups in total. The fraction of sp³-hybridized carbons (Fsp3) is 0.533. The molecule has 0 heterocycles. The molecule has 0 spiro atoms. The Kier molecular flexibility index (Phi) is 5.35. The molecule has 100 valence electrons. The average Bonchev–Trinajstić information content (AvgIpc) is 2.35. The van der Waals surface area contributed by atoms with Crippen LogP contribution in [0.1, 0.15) is 36.2 Å². The van der Waals surface area contributed by atoms with Crippen molar-refractivity contribution in [2.75, 3.05) is 13.6 Å². The van der Waals surface area contributed by atoms with E-state index in [1.807, 2.05) is 38.2 Å². The van der Waals surface area contributed by atoms with Crippen molar-refractivity contribution in [1.82, 2.24) is 4.90 Å². The summed E-state index contributed by atoms with van der Waals surface area (Å²) in [5, 5.41) is 0. The van der Waals surface area contributed by atoms with E-state index >= 15 is 0 Å². The molecule has 1 amide bonds. The van der Waals surface area contributed by atoms with E-state index in [1.165, 1.54) is 0 Å². The summed E-state index contributed by atoms with van der Waals surface area (Å²) in [6.45, 7) is 6.87. The highest BCUT2D eigenvalue weighted by molar-refractivity contribution is 5.95. The molecule has 0 aliphatic carbocycles. The van der Waals surface area contributed by atoms with Crippen molar-refractivity contribution in [3.05, 3.63) is 35.4 Å². The van der Waals surface area contributed by atoms with Gasteiger partial charge in [-0.25, -0.2) is 0 Å². The van der Waals surface area contributed by atoms with Gasteiger partial charge < -0.3 is 10.6 Å². The smallest absolute Gasteiger partial charge is 0.253 e. The van der Waals surface area contributed by atoms with Crippen LogP contribution in [0.2, 0.25) is 0 Å². The second-order valence-electron chi connectivity index (χ2n) is 5.24. The third kappa shape index (κ3) is 3.84. The quantitative estimate of drug-likeness (QED) is 0.870. The van der Waals surface area contributed by atoms with Crippen molar-refractivity contribution < 1.29 is 4.79 Å². The van der Waals surface area contributed by atoms with Gasteiger partial charge in [0.05, 0.1) is 0 Å². The molecule has 3 nitrogen and oxygen atoms in total. The van der Waals surface area contributed by atoms with Gasteiger partial charge in [-0.1, -0.05) is 32.0 Å². The molecular formula is C15H24N2O. The zero-order chi connectivity index (χ0) is 13.7. The Labute approximate surface area is 110 Å². The lowest BCUT2D eigenvalue weighted by Crippen LogP contribution is -2.34. The lowest BCUT2D eigenvalue weighted by Gasteiger charge is -2.22. The minimum atomic E-state index is 0.0732. The number of hydrogen-bond acceptors (Lipinski definition) is 2. The van der Waals surface area contributed by atoms with E-state index in [0.717, 1.165) is 17.5 Å². The van der Waals surface area contributed by atoms with Crippen LogP contribution in [0.4, 0.5) is 0 Å². The van der Waals surface area contributed by atoms with E-state index in [4.69, 9.17) is 5.73 Å². The summed E-state index contributed by atoms with van der Waals surface area (Å²) in [7, 11) is 1.84. The van der Waals surface area contributed by atoms with Crippen LogP contribution in [0.5, 0.6) is 0 Å². The Morgan fingerprint density at radius 3 is 2.50 bits per heavy atom. The first-order valence-electron chi connectivity index (χ1n) is 6.50. The van der Waals surface area contributed by atoms with Crippen LogP contribution in [0.15, 0.2) is 24.3 Å². The molecule has 1 atom stereocenters. The zero-order valence-electron chi connectivity index (χ0n) is 11.8. The highest BCUT2D eigenvalue weighted by Crippen LogP contribution is 2.11. The van der Waals surface area contributed by atoms with Crippen molar-refractivity contribution >= 4 is 5.91 Å². The van der Waals surface area contributed by atoms with E-state index in [1.54, 1.807) is 4.90 Å². The highest BCUT2D eigenvalue weighted by atomic mass is 16.2. The number of aryl methyl sites for hydroxylation is 1. The normalized spacial score (nSPS) is 12.6. The number of nitrogens with two attached hydrogens (primary N) is 1. The minimum Gasteiger partial charge on any atom is -0.342 e. The number of rotatable bonds is 5. The van der Waals surface area contributed by atoms with E-state index in [0.29, 0.717) is 12.5 Å². The Morgan fingerprint density at radius 2 is 1.94 bits per heavy atom. The van der Waals surface area contributed by atoms with E-state index in [9.17, 15) is 4.79 Å². The van der Waals surface area contributed by atoms with Crippen LogP contribution < -0.4 is 5.73 Å². The van der Waals surface area contributed by atoms with Crippen LogP contribution >= 0.6 is 0 Å². The summed E-state index contributed by atoms with van der Waals surface area (Å²) in [5.41, 5.74) is 7.79. The van der Waals surface area contributed by atoms with Crippen LogP contribution in [-0.4, -0.2) is 30.4 Å². The van der Waals surface area contributed by atoms with Crippen LogP contribution in [0.3, 0.4) is 0 Å². The average molecular weight is 248 g/mol. The summed E-state index contributed by atoms with van der Waals surface area (Å²) in [6.07, 6.45) is 0.839. The second kappa shape index (κ2) is 6.55. The largest absolute Gasteiger partial charge is 0.342 e. The maximum Gasteiger partial charge on any atom is 0.253 e. The summed E-state index contributed by atoms with van der Waals surface area (Å²) in [4.78, 5) is 14.0. The molecule has 0 aliphatic heterocycles. The molecule has 0 aromatic heterocycles. The van der Waals surface area contributed by atoms with Crippen LogP contribution in [0, 0.1) is 12.8 Å². The Morgan fingerprint density at radius 1 is 1.33 bits per heavy atom. The molecule has 3 heteroatoms. The lowest BCUT2D eigenvalue weighted by molar-refractivity contribution is 0.0788. The monoisotopic (exact) mass is 248 g/mol. The van der Waals surface area contributed by atoms with Crippen molar-refractivity contribution in [3.63, 3.8) is 0 Å². The molecular weight excluding hydrogens is 224 g/mol. The molecule has 0 aliphatic rings. The molecule has 0 radical (unpaired) electrons. The zero-order valence-corrected chi connectivity index (χ0v) is 11.8. The van der Waals surface area contributed by atoms with E-state index in [2.05, 4.69) is 13.8 Å². The minimum absolute atomic E-state index is 0.0732. The first-order valence-corrected chi connectivity index (χ1v) is 6.50. The van der Waals surface area contributed by atoms with Gasteiger partial charge in [0.15, 0.2) is 0 Å². The Hall–Kier alpha value is -1.35. The molecule has 18 heavy (non-hydrogen) atoms. The van der Waals surface area contributed by atoms with Crippen molar-refractivity contribution in [2.45, 2.75) is 33.2 Å². The third-order valence-corrected chi connectivity index (χ3v) is 3.38. The molecule has 0 fully saturated rings. The molecule has 0 saturated carbocycles. The van der Waals surface area contributed by atoms with Gasteiger partial charge in [0.2, 0.25) is 0 Å². The predicted octanol–water partition coefficient (Wildman–Crippen LogP) is 2.44. The summed E-state index contributed by atoms with van der Waals surface area (Å²) < 4.78 is 0. The molecule has 1 unspecified atom stereocenters. The third-order valence-electron chi connectivity index (χ3n) is 3.38. The number of hydrogen-bond donors (Lipinski definition) is 1. The lowest BCUT2D eigenvalue weighted by atomic mass is 10.0. The molecule has 1 aromatic carbocycles. The molecule has 0 saturated heterocycles. The standard InChI is InChI=1S/C15H24N2O/c1-11(2)14(16)9-10-17(4)15(18)13-8-6-5-7-12(13)3/h5-8,11,14H,9-10,16H2,1-4H3. The maximum atomic E-state index is 12.2. The fourth-order valence-electron chi connectivity index (χ4n) is 1.80. The highest BCUT2D eigenvalue weighted by Gasteiger charge is 2.15. The Bertz CT molecular complexity index is 401. The molecule has 1 aromatic rings. The first kappa shape index (κ1) is 14.7. The van der Waals surface area contributed by atoms with Crippen molar-refractivity contribution in [2.24, 2.45) is 11.7 Å². The summed E-state index contributed by atoms with van der Waals surface area (Å²) in [6, 6.07) is 7.82. The fourth-order valence-corrected chi connectivity index (χ4v) is 1.80. The van der Waals surface area contributed by atoms with Crippen LogP contribution in [-0.2, 0) is 0 Å². The van der Waals surface area contributed by atoms with Gasteiger partial charge in [-0.3, -0.25) is 4.79 Å². The van der Waals surface area contributed by atoms with Gasteiger partial charge in [-0.2, -0.15) is 0 Å². The molecule has 0 bridgehead atoms. The Balaban J connectivity index is 2.60. The number of amides is 1. The van der Waals surface area contributed by atoms with Gasteiger partial charge in [0.25, 0.3) is 5.91 Å². The van der Waals surface area contributed by atoms with Crippen molar-refractivity contribution in [3.8, 4) is 0 Å². The van der Waals surface area contributed by atoms with Gasteiger partial charge in [0.1, 0.15) is 0 Å². The maximum absolute atomic E-state index is 12.2. The summed E-state index contributed by atoms with van der Waals surface area (Å²) >= 11 is 0. The van der Waals surface area contributed by atoms with Gasteiger partial charge in [0, 0.05) is 25.2 Å². The predicted molar refractivity (Wildman–Crippen MR) is 75.6 cm³/mol. The number of carbonyl (C=O) groups excluding carboxylic acids is 1. The van der Waals surface area contributed by atoms with E-state index < -0.39 is 0 Å². The number of benzene rings is 1.